The third-order valence-corrected chi connectivity index (χ3v) is 10.5. The lowest BCUT2D eigenvalue weighted by Gasteiger charge is -2.23. The molecule has 3 aliphatic heterocycles. The first-order valence-corrected chi connectivity index (χ1v) is 18.7. The average Bonchev–Trinajstić information content (AvgIpc) is 4.02. The summed E-state index contributed by atoms with van der Waals surface area (Å²) in [5.41, 5.74) is 7.84. The monoisotopic (exact) mass is 738 g/mol. The third-order valence-electron chi connectivity index (χ3n) is 10.5. The minimum Gasteiger partial charge on any atom is -0.508 e. The fourth-order valence-corrected chi connectivity index (χ4v) is 7.53. The van der Waals surface area contributed by atoms with Crippen molar-refractivity contribution < 1.29 is 24.4 Å². The molecule has 1 aliphatic carbocycles. The number of rotatable bonds is 9. The predicted molar refractivity (Wildman–Crippen MR) is 206 cm³/mol. The van der Waals surface area contributed by atoms with Crippen molar-refractivity contribution in [3.05, 3.63) is 78.4 Å². The number of aromatic hydroxyl groups is 2. The molecule has 1 unspecified atom stereocenters. The first-order chi connectivity index (χ1) is 25.6. The van der Waals surface area contributed by atoms with Gasteiger partial charge in [-0.25, -0.2) is 4.68 Å². The highest BCUT2D eigenvalue weighted by molar-refractivity contribution is 5.87. The molecule has 1 aromatic heterocycles. The smallest absolute Gasteiger partial charge is 0.155 e. The number of benzene rings is 4. The summed E-state index contributed by atoms with van der Waals surface area (Å²) in [6.07, 6.45) is 9.32. The van der Waals surface area contributed by atoms with E-state index in [4.69, 9.17) is 14.2 Å². The van der Waals surface area contributed by atoms with Gasteiger partial charge < -0.3 is 29.7 Å². The van der Waals surface area contributed by atoms with Crippen LogP contribution in [0.5, 0.6) is 23.0 Å². The third kappa shape index (κ3) is 8.59. The van der Waals surface area contributed by atoms with E-state index in [-0.39, 0.29) is 30.1 Å². The van der Waals surface area contributed by atoms with Crippen molar-refractivity contribution in [1.29, 1.82) is 0 Å². The minimum absolute atomic E-state index is 0. The number of azo groups is 1. The summed E-state index contributed by atoms with van der Waals surface area (Å²) in [5, 5.41) is 39.7. The molecule has 9 rings (SSSR count). The Balaban J connectivity index is 0.000000165. The Morgan fingerprint density at radius 1 is 0.736 bits per heavy atom. The second-order valence-corrected chi connectivity index (χ2v) is 14.3. The van der Waals surface area contributed by atoms with Crippen LogP contribution in [0, 0.1) is 11.8 Å². The van der Waals surface area contributed by atoms with Crippen LogP contribution in [0.2, 0.25) is 0 Å². The van der Waals surface area contributed by atoms with Gasteiger partial charge in [0.05, 0.1) is 25.3 Å². The van der Waals surface area contributed by atoms with Crippen molar-refractivity contribution in [3.8, 4) is 45.3 Å². The molecule has 0 amide bonds. The second kappa shape index (κ2) is 17.0. The number of nitrogens with one attached hydrogen (secondary N) is 1. The van der Waals surface area contributed by atoms with E-state index in [0.717, 1.165) is 108 Å². The molecule has 4 aromatic carbocycles. The molecule has 3 fully saturated rings. The molecule has 4 aliphatic rings. The summed E-state index contributed by atoms with van der Waals surface area (Å²) >= 11 is 0. The lowest BCUT2D eigenvalue weighted by atomic mass is 10.0. The van der Waals surface area contributed by atoms with E-state index >= 15 is 0 Å². The lowest BCUT2D eigenvalue weighted by Crippen LogP contribution is -2.19. The van der Waals surface area contributed by atoms with E-state index in [2.05, 4.69) is 38.0 Å². The fraction of sp³-hybridized carbons (Fsp3) is 0.415. The number of hydrogen-bond acceptors (Lipinski definition) is 10. The molecule has 4 heterocycles. The molecule has 5 aromatic rings. The standard InChI is InChI=1S/C23H27N3O3.C18H19N3O2.ClH/c27-19-10-8-17(9-11-19)18-13-20-23(21(14-18)29-15-16-5-1-2-6-16)24-25-26(20)22-7-3-4-12-28-22;22-16-3-1-13(2-4-16)14-7-15-10-20-21-18(15)17(8-14)23-11-12-5-6-19-9-12;/h8-11,13-14,16,22,27H,1-7,12,15H2;1-4,7-8,12,19,22H,5-6,9-11H2;1H/t;12-;/m.0./s1. The second-order valence-electron chi connectivity index (χ2n) is 14.3. The van der Waals surface area contributed by atoms with Gasteiger partial charge in [-0.05, 0) is 122 Å². The lowest BCUT2D eigenvalue weighted by molar-refractivity contribution is -0.0377. The van der Waals surface area contributed by atoms with Crippen LogP contribution in [0.1, 0.15) is 63.2 Å². The fourth-order valence-electron chi connectivity index (χ4n) is 7.53. The van der Waals surface area contributed by atoms with Gasteiger partial charge in [-0.2, -0.15) is 10.2 Å². The van der Waals surface area contributed by atoms with Gasteiger partial charge in [0, 0.05) is 24.6 Å². The molecule has 2 saturated heterocycles. The van der Waals surface area contributed by atoms with Crippen LogP contribution in [-0.4, -0.2) is 58.1 Å². The van der Waals surface area contributed by atoms with Crippen LogP contribution in [0.15, 0.2) is 83.0 Å². The van der Waals surface area contributed by atoms with E-state index in [1.165, 1.54) is 25.7 Å². The number of nitrogens with zero attached hydrogens (tertiary/aromatic N) is 5. The molecule has 0 bridgehead atoms. The van der Waals surface area contributed by atoms with Crippen LogP contribution >= 0.6 is 12.4 Å². The summed E-state index contributed by atoms with van der Waals surface area (Å²) < 4.78 is 20.2. The summed E-state index contributed by atoms with van der Waals surface area (Å²) in [7, 11) is 0. The van der Waals surface area contributed by atoms with Crippen LogP contribution in [-0.2, 0) is 11.3 Å². The number of halogens is 1. The van der Waals surface area contributed by atoms with Gasteiger partial charge >= 0.3 is 0 Å². The summed E-state index contributed by atoms with van der Waals surface area (Å²) in [5.74, 6) is 3.29. The molecule has 0 radical (unpaired) electrons. The van der Waals surface area contributed by atoms with Crippen LogP contribution in [0.25, 0.3) is 33.3 Å². The molecular formula is C41H47ClN6O5. The van der Waals surface area contributed by atoms with Gasteiger partial charge in [-0.3, -0.25) is 0 Å². The maximum atomic E-state index is 9.65. The van der Waals surface area contributed by atoms with Crippen molar-refractivity contribution in [2.24, 2.45) is 22.1 Å². The average molecular weight is 739 g/mol. The van der Waals surface area contributed by atoms with Crippen molar-refractivity contribution in [3.63, 3.8) is 0 Å². The van der Waals surface area contributed by atoms with Crippen molar-refractivity contribution in [2.75, 3.05) is 32.9 Å². The Labute approximate surface area is 315 Å². The highest BCUT2D eigenvalue weighted by Gasteiger charge is 2.24. The van der Waals surface area contributed by atoms with Crippen molar-refractivity contribution in [1.82, 2.24) is 20.3 Å². The van der Waals surface area contributed by atoms with Gasteiger partial charge in [0.2, 0.25) is 0 Å². The molecule has 2 atom stereocenters. The number of fused-ring (bicyclic) bond motifs is 2. The van der Waals surface area contributed by atoms with Crippen LogP contribution in [0.3, 0.4) is 0 Å². The Kier molecular flexibility index (Phi) is 11.7. The first-order valence-electron chi connectivity index (χ1n) is 18.7. The Hall–Kier alpha value is -4.71. The molecule has 0 spiro atoms. The molecule has 278 valence electrons. The van der Waals surface area contributed by atoms with Gasteiger partial charge in [-0.1, -0.05) is 42.3 Å². The summed E-state index contributed by atoms with van der Waals surface area (Å²) in [4.78, 5) is 0. The molecule has 3 N–H and O–H groups in total. The largest absolute Gasteiger partial charge is 0.508 e. The number of ether oxygens (including phenoxy) is 3. The van der Waals surface area contributed by atoms with Crippen LogP contribution < -0.4 is 14.8 Å². The zero-order valence-corrected chi connectivity index (χ0v) is 30.6. The maximum Gasteiger partial charge on any atom is 0.155 e. The van der Waals surface area contributed by atoms with Gasteiger partial charge in [-0.15, -0.1) is 17.5 Å². The number of phenols is 2. The Morgan fingerprint density at radius 3 is 2.08 bits per heavy atom. The van der Waals surface area contributed by atoms with E-state index < -0.39 is 0 Å². The quantitative estimate of drug-likeness (QED) is 0.136. The van der Waals surface area contributed by atoms with E-state index in [0.29, 0.717) is 25.0 Å². The summed E-state index contributed by atoms with van der Waals surface area (Å²) in [6, 6.07) is 22.7. The van der Waals surface area contributed by atoms with Crippen molar-refractivity contribution in [2.45, 2.75) is 64.1 Å². The zero-order valence-electron chi connectivity index (χ0n) is 29.8. The first kappa shape index (κ1) is 36.6. The SMILES string of the molecule is Cl.Oc1ccc(-c2cc(OCC3CCCC3)c3nnn(C4CCCCO4)c3c2)cc1.Oc1ccc(-c2cc3c(c(OC[C@H]4CCNC4)c2)N=NC3)cc1. The molecule has 1 saturated carbocycles. The van der Waals surface area contributed by atoms with Gasteiger partial charge in [0.15, 0.2) is 11.7 Å². The number of aromatic nitrogens is 3. The minimum atomic E-state index is -0.0773. The Bertz CT molecular complexity index is 2000. The molecular weight excluding hydrogens is 692 g/mol. The molecule has 11 nitrogen and oxygen atoms in total. The van der Waals surface area contributed by atoms with E-state index in [1.54, 1.807) is 24.3 Å². The highest BCUT2D eigenvalue weighted by atomic mass is 35.5. The molecule has 12 heteroatoms. The number of phenolic OH excluding ortho intramolecular Hbond substituents is 2. The van der Waals surface area contributed by atoms with E-state index in [1.807, 2.05) is 41.1 Å². The topological polar surface area (TPSA) is 136 Å². The van der Waals surface area contributed by atoms with Gasteiger partial charge in [0.25, 0.3) is 0 Å². The highest BCUT2D eigenvalue weighted by Crippen LogP contribution is 2.41. The van der Waals surface area contributed by atoms with Crippen LogP contribution in [0.4, 0.5) is 5.69 Å². The Morgan fingerprint density at radius 2 is 1.40 bits per heavy atom. The number of hydrogen-bond donors (Lipinski definition) is 3. The maximum absolute atomic E-state index is 9.65. The van der Waals surface area contributed by atoms with E-state index in [9.17, 15) is 10.2 Å². The summed E-state index contributed by atoms with van der Waals surface area (Å²) in [6.45, 7) is 4.87. The predicted octanol–water partition coefficient (Wildman–Crippen LogP) is 9.14. The van der Waals surface area contributed by atoms with Crippen molar-refractivity contribution >= 4 is 29.1 Å². The molecule has 53 heavy (non-hydrogen) atoms. The van der Waals surface area contributed by atoms with Gasteiger partial charge in [0.1, 0.15) is 28.7 Å². The normalized spacial score (nSPS) is 19.4. The zero-order chi connectivity index (χ0) is 35.3.